The third-order valence-electron chi connectivity index (χ3n) is 6.18. The lowest BCUT2D eigenvalue weighted by atomic mass is 10.2. The Morgan fingerprint density at radius 2 is 1.96 bits per heavy atom. The molecular formula is C20H32N2O2Si. The van der Waals surface area contributed by atoms with Crippen molar-refractivity contribution in [2.75, 3.05) is 24.6 Å². The second-order valence-corrected chi connectivity index (χ2v) is 13.7. The molecule has 2 heterocycles. The van der Waals surface area contributed by atoms with Crippen LogP contribution >= 0.6 is 0 Å². The van der Waals surface area contributed by atoms with Gasteiger partial charge in [-0.25, -0.2) is 4.79 Å². The number of benzene rings is 1. The molecule has 2 aliphatic heterocycles. The van der Waals surface area contributed by atoms with Gasteiger partial charge in [0.1, 0.15) is 0 Å². The second-order valence-electron chi connectivity index (χ2n) is 8.87. The molecule has 0 saturated carbocycles. The highest BCUT2D eigenvalue weighted by molar-refractivity contribution is 6.74. The van der Waals surface area contributed by atoms with Crippen molar-refractivity contribution < 1.29 is 9.22 Å². The van der Waals surface area contributed by atoms with E-state index < -0.39 is 8.32 Å². The number of rotatable bonds is 3. The highest BCUT2D eigenvalue weighted by atomic mass is 28.4. The van der Waals surface area contributed by atoms with Gasteiger partial charge in [0.15, 0.2) is 8.32 Å². The number of carbonyl (C=O) groups excluding carboxylic acids is 1. The van der Waals surface area contributed by atoms with E-state index in [1.54, 1.807) is 0 Å². The van der Waals surface area contributed by atoms with Crippen LogP contribution in [0.5, 0.6) is 0 Å². The molecule has 0 bridgehead atoms. The summed E-state index contributed by atoms with van der Waals surface area (Å²) in [6.07, 6.45) is 3.09. The SMILES string of the molecule is CC(C)(C)[Si](C)(C)OCC1CCCN1C(=O)N1CCc2ccccc21. The summed E-state index contributed by atoms with van der Waals surface area (Å²) in [5.74, 6) is 0. The standard InChI is InChI=1S/C20H32N2O2Si/c1-20(2,3)25(4,5)24-15-17-10-8-13-21(17)19(23)22-14-12-16-9-6-7-11-18(16)22/h6-7,9,11,17H,8,10,12-15H2,1-5H3. The van der Waals surface area contributed by atoms with E-state index in [0.29, 0.717) is 6.61 Å². The van der Waals surface area contributed by atoms with Crippen LogP contribution in [0, 0.1) is 0 Å². The van der Waals surface area contributed by atoms with Gasteiger partial charge in [0.25, 0.3) is 0 Å². The summed E-state index contributed by atoms with van der Waals surface area (Å²) in [6.45, 7) is 13.7. The molecule has 1 atom stereocenters. The summed E-state index contributed by atoms with van der Waals surface area (Å²) < 4.78 is 6.42. The molecule has 0 N–H and O–H groups in total. The molecule has 0 radical (unpaired) electrons. The lowest BCUT2D eigenvalue weighted by Gasteiger charge is -2.38. The van der Waals surface area contributed by atoms with E-state index in [2.05, 4.69) is 57.0 Å². The Bertz CT molecular complexity index is 639. The van der Waals surface area contributed by atoms with E-state index >= 15 is 0 Å². The summed E-state index contributed by atoms with van der Waals surface area (Å²) in [6, 6.07) is 8.65. The largest absolute Gasteiger partial charge is 0.415 e. The Hall–Kier alpha value is -1.33. The third-order valence-corrected chi connectivity index (χ3v) is 10.7. The Morgan fingerprint density at radius 1 is 1.24 bits per heavy atom. The fraction of sp³-hybridized carbons (Fsp3) is 0.650. The predicted octanol–water partition coefficient (Wildman–Crippen LogP) is 4.66. The van der Waals surface area contributed by atoms with Gasteiger partial charge in [-0.3, -0.25) is 4.90 Å². The lowest BCUT2D eigenvalue weighted by Crippen LogP contribution is -2.49. The Morgan fingerprint density at radius 3 is 2.68 bits per heavy atom. The number of amides is 2. The number of hydrogen-bond acceptors (Lipinski definition) is 2. The van der Waals surface area contributed by atoms with Crippen LogP contribution in [-0.2, 0) is 10.8 Å². The average Bonchev–Trinajstić information content (AvgIpc) is 3.18. The average molecular weight is 361 g/mol. The fourth-order valence-corrected chi connectivity index (χ4v) is 4.52. The first-order valence-electron chi connectivity index (χ1n) is 9.51. The van der Waals surface area contributed by atoms with Crippen LogP contribution in [0.15, 0.2) is 24.3 Å². The maximum Gasteiger partial charge on any atom is 0.324 e. The Balaban J connectivity index is 1.67. The predicted molar refractivity (Wildman–Crippen MR) is 106 cm³/mol. The molecule has 1 unspecified atom stereocenters. The highest BCUT2D eigenvalue weighted by Crippen LogP contribution is 2.37. The maximum absolute atomic E-state index is 13.1. The van der Waals surface area contributed by atoms with Crippen molar-refractivity contribution in [2.24, 2.45) is 0 Å². The monoisotopic (exact) mass is 360 g/mol. The van der Waals surface area contributed by atoms with Gasteiger partial charge < -0.3 is 9.33 Å². The van der Waals surface area contributed by atoms with E-state index in [9.17, 15) is 4.79 Å². The Kier molecular flexibility index (Phi) is 4.99. The molecule has 5 heteroatoms. The van der Waals surface area contributed by atoms with Crippen LogP contribution in [0.1, 0.15) is 39.2 Å². The second kappa shape index (κ2) is 6.76. The number of urea groups is 1. The van der Waals surface area contributed by atoms with Crippen molar-refractivity contribution in [3.63, 3.8) is 0 Å². The number of carbonyl (C=O) groups is 1. The molecule has 25 heavy (non-hydrogen) atoms. The minimum atomic E-state index is -1.78. The molecule has 2 aliphatic rings. The highest BCUT2D eigenvalue weighted by Gasteiger charge is 2.40. The molecule has 0 spiro atoms. The first kappa shape index (κ1) is 18.5. The van der Waals surface area contributed by atoms with Crippen molar-refractivity contribution in [3.8, 4) is 0 Å². The molecule has 0 aliphatic carbocycles. The molecular weight excluding hydrogens is 328 g/mol. The molecule has 1 aromatic carbocycles. The first-order chi connectivity index (χ1) is 11.7. The minimum Gasteiger partial charge on any atom is -0.415 e. The summed E-state index contributed by atoms with van der Waals surface area (Å²) in [5, 5.41) is 0.203. The number of para-hydroxylation sites is 1. The topological polar surface area (TPSA) is 32.8 Å². The molecule has 138 valence electrons. The third kappa shape index (κ3) is 3.63. The number of fused-ring (bicyclic) bond motifs is 1. The van der Waals surface area contributed by atoms with Crippen molar-refractivity contribution in [1.82, 2.24) is 4.90 Å². The molecule has 1 aromatic rings. The van der Waals surface area contributed by atoms with Crippen molar-refractivity contribution in [1.29, 1.82) is 0 Å². The molecule has 0 aromatic heterocycles. The lowest BCUT2D eigenvalue weighted by molar-refractivity contribution is 0.164. The quantitative estimate of drug-likeness (QED) is 0.735. The van der Waals surface area contributed by atoms with E-state index in [1.165, 1.54) is 5.56 Å². The zero-order valence-corrected chi connectivity index (χ0v) is 17.3. The van der Waals surface area contributed by atoms with Crippen molar-refractivity contribution in [3.05, 3.63) is 29.8 Å². The first-order valence-corrected chi connectivity index (χ1v) is 12.4. The molecule has 2 amide bonds. The zero-order valence-electron chi connectivity index (χ0n) is 16.3. The van der Waals surface area contributed by atoms with Crippen molar-refractivity contribution in [2.45, 2.75) is 64.2 Å². The molecule has 4 nitrogen and oxygen atoms in total. The number of anilines is 1. The van der Waals surface area contributed by atoms with Crippen LogP contribution in [-0.4, -0.2) is 45.0 Å². The van der Waals surface area contributed by atoms with Crippen LogP contribution < -0.4 is 4.90 Å². The number of nitrogens with zero attached hydrogens (tertiary/aromatic N) is 2. The summed E-state index contributed by atoms with van der Waals surface area (Å²) in [4.78, 5) is 17.2. The van der Waals surface area contributed by atoms with Gasteiger partial charge in [-0.2, -0.15) is 0 Å². The van der Waals surface area contributed by atoms with Crippen LogP contribution in [0.3, 0.4) is 0 Å². The van der Waals surface area contributed by atoms with Gasteiger partial charge in [-0.05, 0) is 49.0 Å². The fourth-order valence-electron chi connectivity index (χ4n) is 3.47. The van der Waals surface area contributed by atoms with Crippen LogP contribution in [0.4, 0.5) is 10.5 Å². The van der Waals surface area contributed by atoms with E-state index in [-0.39, 0.29) is 17.1 Å². The summed E-state index contributed by atoms with van der Waals surface area (Å²) >= 11 is 0. The minimum absolute atomic E-state index is 0.159. The van der Waals surface area contributed by atoms with Gasteiger partial charge in [0.05, 0.1) is 12.6 Å². The van der Waals surface area contributed by atoms with E-state index in [0.717, 1.165) is 38.0 Å². The zero-order chi connectivity index (χ0) is 18.2. The summed E-state index contributed by atoms with van der Waals surface area (Å²) in [5.41, 5.74) is 2.37. The van der Waals surface area contributed by atoms with Gasteiger partial charge in [0, 0.05) is 18.8 Å². The van der Waals surface area contributed by atoms with Gasteiger partial charge in [0.2, 0.25) is 0 Å². The van der Waals surface area contributed by atoms with Crippen LogP contribution in [0.2, 0.25) is 18.1 Å². The number of likely N-dealkylation sites (tertiary alicyclic amines) is 1. The smallest absolute Gasteiger partial charge is 0.324 e. The van der Waals surface area contributed by atoms with E-state index in [1.807, 2.05) is 11.0 Å². The summed E-state index contributed by atoms with van der Waals surface area (Å²) in [7, 11) is -1.78. The van der Waals surface area contributed by atoms with Crippen molar-refractivity contribution >= 4 is 20.0 Å². The normalized spacial score (nSPS) is 20.9. The maximum atomic E-state index is 13.1. The molecule has 1 fully saturated rings. The van der Waals surface area contributed by atoms with Crippen LogP contribution in [0.25, 0.3) is 0 Å². The molecule has 3 rings (SSSR count). The van der Waals surface area contributed by atoms with Gasteiger partial charge in [-0.15, -0.1) is 0 Å². The van der Waals surface area contributed by atoms with Gasteiger partial charge in [-0.1, -0.05) is 39.0 Å². The number of hydrogen-bond donors (Lipinski definition) is 0. The molecule has 1 saturated heterocycles. The Labute approximate surface area is 153 Å². The van der Waals surface area contributed by atoms with Gasteiger partial charge >= 0.3 is 6.03 Å². The van der Waals surface area contributed by atoms with E-state index in [4.69, 9.17) is 4.43 Å².